The molecule has 2 rings (SSSR count). The Labute approximate surface area is 113 Å². The molecule has 6 heteroatoms. The monoisotopic (exact) mass is 275 g/mol. The lowest BCUT2D eigenvalue weighted by molar-refractivity contribution is 0.0702. The van der Waals surface area contributed by atoms with E-state index in [-0.39, 0.29) is 4.88 Å². The standard InChI is InChI=1S/C13H9NO4S/c1-17-9-2-8(6-14)3-10(4-9)18-11-5-12(13(15)16)19-7-11/h2-5,7H,1H3,(H,15,16). The largest absolute Gasteiger partial charge is 0.497 e. The summed E-state index contributed by atoms with van der Waals surface area (Å²) in [5, 5.41) is 19.3. The first-order chi connectivity index (χ1) is 9.12. The van der Waals surface area contributed by atoms with Crippen molar-refractivity contribution in [1.29, 1.82) is 5.26 Å². The van der Waals surface area contributed by atoms with Crippen LogP contribution >= 0.6 is 11.3 Å². The Morgan fingerprint density at radius 2 is 2.00 bits per heavy atom. The number of thiophene rings is 1. The van der Waals surface area contributed by atoms with Gasteiger partial charge in [-0.15, -0.1) is 11.3 Å². The summed E-state index contributed by atoms with van der Waals surface area (Å²) in [5.74, 6) is 0.344. The van der Waals surface area contributed by atoms with Crippen LogP contribution in [0, 0.1) is 11.3 Å². The Kier molecular flexibility index (Phi) is 3.68. The van der Waals surface area contributed by atoms with Gasteiger partial charge in [-0.2, -0.15) is 5.26 Å². The average Bonchev–Trinajstić information content (AvgIpc) is 2.87. The van der Waals surface area contributed by atoms with Gasteiger partial charge in [0.15, 0.2) is 0 Å². The molecule has 0 aliphatic carbocycles. The highest BCUT2D eigenvalue weighted by molar-refractivity contribution is 7.12. The van der Waals surface area contributed by atoms with E-state index in [0.29, 0.717) is 22.8 Å². The summed E-state index contributed by atoms with van der Waals surface area (Å²) in [6.45, 7) is 0. The number of carboxylic acid groups (broad SMARTS) is 1. The molecule has 96 valence electrons. The minimum absolute atomic E-state index is 0.193. The lowest BCUT2D eigenvalue weighted by atomic mass is 10.2. The molecule has 1 heterocycles. The van der Waals surface area contributed by atoms with Crippen LogP contribution < -0.4 is 9.47 Å². The molecule has 1 aromatic carbocycles. The summed E-state index contributed by atoms with van der Waals surface area (Å²) in [6, 6.07) is 8.20. The number of rotatable bonds is 4. The second-order valence-electron chi connectivity index (χ2n) is 3.56. The van der Waals surface area contributed by atoms with Crippen LogP contribution in [-0.4, -0.2) is 18.2 Å². The molecule has 19 heavy (non-hydrogen) atoms. The molecule has 0 bridgehead atoms. The van der Waals surface area contributed by atoms with Gasteiger partial charge in [-0.25, -0.2) is 4.79 Å². The Morgan fingerprint density at radius 3 is 2.58 bits per heavy atom. The minimum atomic E-state index is -0.997. The summed E-state index contributed by atoms with van der Waals surface area (Å²) in [4.78, 5) is 11.0. The highest BCUT2D eigenvalue weighted by atomic mass is 32.1. The first-order valence-corrected chi connectivity index (χ1v) is 6.09. The van der Waals surface area contributed by atoms with Gasteiger partial charge in [0.05, 0.1) is 18.7 Å². The molecule has 0 amide bonds. The highest BCUT2D eigenvalue weighted by Crippen LogP contribution is 2.30. The fourth-order valence-corrected chi connectivity index (χ4v) is 2.08. The number of nitrogens with zero attached hydrogens (tertiary/aromatic N) is 1. The van der Waals surface area contributed by atoms with Crippen LogP contribution in [0.1, 0.15) is 15.2 Å². The number of benzene rings is 1. The molecule has 1 aromatic heterocycles. The van der Waals surface area contributed by atoms with Crippen molar-refractivity contribution in [3.8, 4) is 23.3 Å². The molecule has 5 nitrogen and oxygen atoms in total. The van der Waals surface area contributed by atoms with Gasteiger partial charge in [0.2, 0.25) is 0 Å². The van der Waals surface area contributed by atoms with Gasteiger partial charge in [0, 0.05) is 17.5 Å². The smallest absolute Gasteiger partial charge is 0.346 e. The van der Waals surface area contributed by atoms with Crippen molar-refractivity contribution in [2.24, 2.45) is 0 Å². The Morgan fingerprint density at radius 1 is 1.26 bits per heavy atom. The number of methoxy groups -OCH3 is 1. The average molecular weight is 275 g/mol. The van der Waals surface area contributed by atoms with Gasteiger partial charge in [0.1, 0.15) is 22.1 Å². The Hall–Kier alpha value is -2.52. The van der Waals surface area contributed by atoms with E-state index in [1.165, 1.54) is 13.2 Å². The summed E-state index contributed by atoms with van der Waals surface area (Å²) in [6.07, 6.45) is 0. The molecule has 1 N–H and O–H groups in total. The zero-order valence-corrected chi connectivity index (χ0v) is 10.7. The van der Waals surface area contributed by atoms with E-state index in [2.05, 4.69) is 0 Å². The molecule has 0 saturated heterocycles. The summed E-state index contributed by atoms with van der Waals surface area (Å²) >= 11 is 1.08. The zero-order chi connectivity index (χ0) is 13.8. The number of nitriles is 1. The van der Waals surface area contributed by atoms with Crippen LogP contribution in [0.4, 0.5) is 0 Å². The molecule has 0 aliphatic heterocycles. The lowest BCUT2D eigenvalue weighted by Crippen LogP contribution is -1.91. The molecular formula is C13H9NO4S. The van der Waals surface area contributed by atoms with Crippen LogP contribution in [0.25, 0.3) is 0 Å². The summed E-state index contributed by atoms with van der Waals surface area (Å²) in [7, 11) is 1.49. The van der Waals surface area contributed by atoms with Crippen LogP contribution in [0.15, 0.2) is 29.6 Å². The van der Waals surface area contributed by atoms with Crippen LogP contribution in [-0.2, 0) is 0 Å². The van der Waals surface area contributed by atoms with Gasteiger partial charge in [-0.3, -0.25) is 0 Å². The van der Waals surface area contributed by atoms with Gasteiger partial charge in [-0.1, -0.05) is 0 Å². The zero-order valence-electron chi connectivity index (χ0n) is 9.91. The van der Waals surface area contributed by atoms with Crippen molar-refractivity contribution in [3.05, 3.63) is 40.1 Å². The van der Waals surface area contributed by atoms with E-state index in [1.807, 2.05) is 6.07 Å². The maximum atomic E-state index is 10.8. The predicted molar refractivity (Wildman–Crippen MR) is 69.1 cm³/mol. The van der Waals surface area contributed by atoms with Crippen molar-refractivity contribution in [2.45, 2.75) is 0 Å². The first-order valence-electron chi connectivity index (χ1n) is 5.21. The third kappa shape index (κ3) is 3.03. The van der Waals surface area contributed by atoms with E-state index in [4.69, 9.17) is 19.8 Å². The van der Waals surface area contributed by atoms with E-state index in [1.54, 1.807) is 23.6 Å². The highest BCUT2D eigenvalue weighted by Gasteiger charge is 2.09. The number of hydrogen-bond donors (Lipinski definition) is 1. The molecule has 0 spiro atoms. The van der Waals surface area contributed by atoms with E-state index in [9.17, 15) is 4.79 Å². The fraction of sp³-hybridized carbons (Fsp3) is 0.0769. The number of carboxylic acids is 1. The van der Waals surface area contributed by atoms with Crippen molar-refractivity contribution in [1.82, 2.24) is 0 Å². The van der Waals surface area contributed by atoms with Crippen LogP contribution in [0.5, 0.6) is 17.2 Å². The lowest BCUT2D eigenvalue weighted by Gasteiger charge is -2.06. The third-order valence-corrected chi connectivity index (χ3v) is 3.16. The number of carbonyl (C=O) groups is 1. The molecule has 0 unspecified atom stereocenters. The van der Waals surface area contributed by atoms with E-state index >= 15 is 0 Å². The van der Waals surface area contributed by atoms with Crippen LogP contribution in [0.3, 0.4) is 0 Å². The topological polar surface area (TPSA) is 79.5 Å². The minimum Gasteiger partial charge on any atom is -0.497 e. The number of aromatic carboxylic acids is 1. The quantitative estimate of drug-likeness (QED) is 0.927. The Balaban J connectivity index is 2.27. The normalized spacial score (nSPS) is 9.68. The maximum Gasteiger partial charge on any atom is 0.346 e. The van der Waals surface area contributed by atoms with Gasteiger partial charge >= 0.3 is 5.97 Å². The molecular weight excluding hydrogens is 266 g/mol. The molecule has 0 radical (unpaired) electrons. The molecule has 0 aliphatic rings. The predicted octanol–water partition coefficient (Wildman–Crippen LogP) is 3.12. The number of hydrogen-bond acceptors (Lipinski definition) is 5. The summed E-state index contributed by atoms with van der Waals surface area (Å²) < 4.78 is 10.6. The molecule has 2 aromatic rings. The summed E-state index contributed by atoms with van der Waals surface area (Å²) in [5.41, 5.74) is 0.406. The molecule has 0 fully saturated rings. The number of ether oxygens (including phenoxy) is 2. The maximum absolute atomic E-state index is 10.8. The fourth-order valence-electron chi connectivity index (χ4n) is 1.43. The van der Waals surface area contributed by atoms with Gasteiger partial charge in [-0.05, 0) is 12.1 Å². The van der Waals surface area contributed by atoms with Gasteiger partial charge < -0.3 is 14.6 Å². The van der Waals surface area contributed by atoms with Gasteiger partial charge in [0.25, 0.3) is 0 Å². The second kappa shape index (κ2) is 5.42. The SMILES string of the molecule is COc1cc(C#N)cc(Oc2csc(C(=O)O)c2)c1. The van der Waals surface area contributed by atoms with E-state index < -0.39 is 5.97 Å². The van der Waals surface area contributed by atoms with Crippen molar-refractivity contribution < 1.29 is 19.4 Å². The van der Waals surface area contributed by atoms with Crippen molar-refractivity contribution >= 4 is 17.3 Å². The second-order valence-corrected chi connectivity index (χ2v) is 4.47. The van der Waals surface area contributed by atoms with Crippen LogP contribution in [0.2, 0.25) is 0 Å². The first kappa shape index (κ1) is 12.9. The van der Waals surface area contributed by atoms with E-state index in [0.717, 1.165) is 11.3 Å². The Bertz CT molecular complexity index is 657. The molecule has 0 atom stereocenters. The van der Waals surface area contributed by atoms with Crippen molar-refractivity contribution in [2.75, 3.05) is 7.11 Å². The van der Waals surface area contributed by atoms with Crippen molar-refractivity contribution in [3.63, 3.8) is 0 Å². The molecule has 0 saturated carbocycles. The third-order valence-electron chi connectivity index (χ3n) is 2.27.